The van der Waals surface area contributed by atoms with Gasteiger partial charge in [-0.2, -0.15) is 0 Å². The minimum absolute atomic E-state index is 0.104. The lowest BCUT2D eigenvalue weighted by Gasteiger charge is -2.37. The van der Waals surface area contributed by atoms with Gasteiger partial charge in [0.25, 0.3) is 0 Å². The smallest absolute Gasteiger partial charge is 0.407 e. The number of hydrogen-bond acceptors (Lipinski definition) is 8. The molecular weight excluding hydrogens is 530 g/mol. The molecular formula is C30H47NO8Si. The van der Waals surface area contributed by atoms with Gasteiger partial charge in [0.15, 0.2) is 5.79 Å². The van der Waals surface area contributed by atoms with Gasteiger partial charge in [0.2, 0.25) is 0 Å². The molecule has 0 bridgehead atoms. The molecule has 2 aliphatic heterocycles. The van der Waals surface area contributed by atoms with Crippen LogP contribution in [0.3, 0.4) is 0 Å². The predicted molar refractivity (Wildman–Crippen MR) is 154 cm³/mol. The highest BCUT2D eigenvalue weighted by molar-refractivity contribution is 6.76. The molecule has 0 radical (unpaired) electrons. The third-order valence-corrected chi connectivity index (χ3v) is 9.49. The van der Waals surface area contributed by atoms with Crippen LogP contribution in [0.15, 0.2) is 30.3 Å². The van der Waals surface area contributed by atoms with Crippen molar-refractivity contribution in [3.63, 3.8) is 0 Å². The standard InChI is InChI=1S/C30H47NO8Si/c1-20-16-24(37-26(32)17-20)27-25(38-28(33)23-11-9-8-10-12-23)18-30(35-4,39-27)22(3)15-21(2)19-31-29(34)36-13-14-40(5,6)7/h8-12,20-22,24-25,27H,13-19H2,1-7H3,(H,31,34)/t20-,21+,22-,24+,25-,27+,30?/m1/s1. The van der Waals surface area contributed by atoms with Crippen LogP contribution >= 0.6 is 0 Å². The number of benzene rings is 1. The van der Waals surface area contributed by atoms with Gasteiger partial charge >= 0.3 is 18.0 Å². The van der Waals surface area contributed by atoms with Crippen molar-refractivity contribution < 1.29 is 38.1 Å². The quantitative estimate of drug-likeness (QED) is 0.199. The van der Waals surface area contributed by atoms with E-state index in [0.29, 0.717) is 44.4 Å². The second kappa shape index (κ2) is 14.0. The average molecular weight is 578 g/mol. The van der Waals surface area contributed by atoms with Gasteiger partial charge in [-0.15, -0.1) is 0 Å². The summed E-state index contributed by atoms with van der Waals surface area (Å²) in [6.07, 6.45) is -0.315. The molecule has 0 saturated carbocycles. The molecule has 1 aromatic carbocycles. The number of amides is 1. The van der Waals surface area contributed by atoms with Crippen LogP contribution in [-0.4, -0.2) is 70.5 Å². The fraction of sp³-hybridized carbons (Fsp3) is 0.700. The summed E-state index contributed by atoms with van der Waals surface area (Å²) in [4.78, 5) is 37.5. The Morgan fingerprint density at radius 1 is 1.18 bits per heavy atom. The van der Waals surface area contributed by atoms with Gasteiger partial charge < -0.3 is 29.0 Å². The zero-order valence-electron chi connectivity index (χ0n) is 25.1. The lowest BCUT2D eigenvalue weighted by molar-refractivity contribution is -0.258. The van der Waals surface area contributed by atoms with E-state index < -0.39 is 44.2 Å². The van der Waals surface area contributed by atoms with Crippen LogP contribution in [0.5, 0.6) is 0 Å². The number of carbonyl (C=O) groups excluding carboxylic acids is 3. The van der Waals surface area contributed by atoms with Crippen LogP contribution in [-0.2, 0) is 28.5 Å². The molecule has 0 spiro atoms. The molecule has 1 unspecified atom stereocenters. The van der Waals surface area contributed by atoms with Crippen molar-refractivity contribution in [3.8, 4) is 0 Å². The maximum absolute atomic E-state index is 13.0. The van der Waals surface area contributed by atoms with Crippen LogP contribution in [0.4, 0.5) is 4.79 Å². The highest BCUT2D eigenvalue weighted by atomic mass is 28.3. The van der Waals surface area contributed by atoms with Crippen molar-refractivity contribution >= 4 is 26.1 Å². The van der Waals surface area contributed by atoms with Crippen molar-refractivity contribution in [1.82, 2.24) is 5.32 Å². The minimum Gasteiger partial charge on any atom is -0.459 e. The van der Waals surface area contributed by atoms with E-state index >= 15 is 0 Å². The monoisotopic (exact) mass is 577 g/mol. The molecule has 224 valence electrons. The first kappa shape index (κ1) is 32.1. The largest absolute Gasteiger partial charge is 0.459 e. The Hall–Kier alpha value is -2.43. The van der Waals surface area contributed by atoms with Crippen LogP contribution in [0, 0.1) is 17.8 Å². The van der Waals surface area contributed by atoms with Gasteiger partial charge in [0, 0.05) is 40.5 Å². The zero-order chi connectivity index (χ0) is 29.5. The molecule has 0 aliphatic carbocycles. The Morgan fingerprint density at radius 3 is 2.50 bits per heavy atom. The van der Waals surface area contributed by atoms with E-state index in [9.17, 15) is 14.4 Å². The Morgan fingerprint density at radius 2 is 1.88 bits per heavy atom. The van der Waals surface area contributed by atoms with Gasteiger partial charge in [0.1, 0.15) is 18.3 Å². The molecule has 2 heterocycles. The van der Waals surface area contributed by atoms with E-state index in [0.717, 1.165) is 6.04 Å². The number of cyclic esters (lactones) is 1. The van der Waals surface area contributed by atoms with E-state index in [1.54, 1.807) is 31.4 Å². The molecule has 0 aromatic heterocycles. The van der Waals surface area contributed by atoms with Crippen molar-refractivity contribution in [2.45, 2.75) is 96.2 Å². The van der Waals surface area contributed by atoms with E-state index in [2.05, 4.69) is 25.0 Å². The summed E-state index contributed by atoms with van der Waals surface area (Å²) < 4.78 is 29.6. The van der Waals surface area contributed by atoms with E-state index in [-0.39, 0.29) is 23.7 Å². The average Bonchev–Trinajstić information content (AvgIpc) is 3.26. The summed E-state index contributed by atoms with van der Waals surface area (Å²) in [5.74, 6) is -1.67. The topological polar surface area (TPSA) is 109 Å². The normalized spacial score (nSPS) is 28.3. The summed E-state index contributed by atoms with van der Waals surface area (Å²) in [6, 6.07) is 9.72. The number of alkyl carbamates (subject to hydrolysis) is 1. The highest BCUT2D eigenvalue weighted by Crippen LogP contribution is 2.44. The third-order valence-electron chi connectivity index (χ3n) is 7.79. The van der Waals surface area contributed by atoms with Crippen LogP contribution in [0.1, 0.15) is 56.8 Å². The maximum atomic E-state index is 13.0. The Kier molecular flexibility index (Phi) is 11.2. The molecule has 2 fully saturated rings. The van der Waals surface area contributed by atoms with Crippen LogP contribution < -0.4 is 5.32 Å². The van der Waals surface area contributed by atoms with E-state index in [1.807, 2.05) is 26.8 Å². The number of carbonyl (C=O) groups is 3. The molecule has 1 amide bonds. The number of methoxy groups -OCH3 is 1. The summed E-state index contributed by atoms with van der Waals surface area (Å²) in [5, 5.41) is 2.86. The number of ether oxygens (including phenoxy) is 5. The van der Waals surface area contributed by atoms with Gasteiger partial charge in [0.05, 0.1) is 12.2 Å². The highest BCUT2D eigenvalue weighted by Gasteiger charge is 2.55. The molecule has 3 rings (SSSR count). The van der Waals surface area contributed by atoms with Crippen molar-refractivity contribution in [3.05, 3.63) is 35.9 Å². The summed E-state index contributed by atoms with van der Waals surface area (Å²) in [7, 11) is 0.315. The number of nitrogens with one attached hydrogen (secondary N) is 1. The summed E-state index contributed by atoms with van der Waals surface area (Å²) in [5.41, 5.74) is 0.439. The second-order valence-corrected chi connectivity index (χ2v) is 18.4. The fourth-order valence-electron chi connectivity index (χ4n) is 5.46. The first-order valence-corrected chi connectivity index (χ1v) is 18.1. The summed E-state index contributed by atoms with van der Waals surface area (Å²) in [6.45, 7) is 13.7. The first-order valence-electron chi connectivity index (χ1n) is 14.4. The fourth-order valence-corrected chi connectivity index (χ4v) is 6.17. The SMILES string of the molecule is COC1([C@H](C)C[C@H](C)CNC(=O)OCC[Si](C)(C)C)C[C@@H](OC(=O)c2ccccc2)[C@H]([C@@H]2C[C@@H](C)CC(=O)O2)O1. The molecule has 7 atom stereocenters. The third kappa shape index (κ3) is 9.04. The zero-order valence-corrected chi connectivity index (χ0v) is 26.1. The lowest BCUT2D eigenvalue weighted by atomic mass is 9.87. The number of hydrogen-bond donors (Lipinski definition) is 1. The molecule has 1 N–H and O–H groups in total. The Balaban J connectivity index is 1.66. The first-order chi connectivity index (χ1) is 18.8. The number of esters is 2. The number of rotatable bonds is 12. The predicted octanol–water partition coefficient (Wildman–Crippen LogP) is 5.41. The maximum Gasteiger partial charge on any atom is 0.407 e. The van der Waals surface area contributed by atoms with Gasteiger partial charge in [-0.3, -0.25) is 4.79 Å². The summed E-state index contributed by atoms with van der Waals surface area (Å²) >= 11 is 0. The van der Waals surface area contributed by atoms with Gasteiger partial charge in [-0.25, -0.2) is 9.59 Å². The van der Waals surface area contributed by atoms with Gasteiger partial charge in [-0.05, 0) is 42.9 Å². The Labute approximate surface area is 239 Å². The Bertz CT molecular complexity index is 999. The van der Waals surface area contributed by atoms with Crippen molar-refractivity contribution in [2.75, 3.05) is 20.3 Å². The molecule has 2 saturated heterocycles. The molecule has 10 heteroatoms. The minimum atomic E-state index is -1.27. The van der Waals surface area contributed by atoms with Crippen LogP contribution in [0.25, 0.3) is 0 Å². The van der Waals surface area contributed by atoms with Crippen molar-refractivity contribution in [2.24, 2.45) is 17.8 Å². The molecule has 9 nitrogen and oxygen atoms in total. The van der Waals surface area contributed by atoms with E-state index in [4.69, 9.17) is 23.7 Å². The van der Waals surface area contributed by atoms with E-state index in [1.165, 1.54) is 0 Å². The van der Waals surface area contributed by atoms with Crippen LogP contribution in [0.2, 0.25) is 25.7 Å². The van der Waals surface area contributed by atoms with Gasteiger partial charge in [-0.1, -0.05) is 58.6 Å². The molecule has 2 aliphatic rings. The second-order valence-electron chi connectivity index (χ2n) is 12.8. The lowest BCUT2D eigenvalue weighted by Crippen LogP contribution is -2.45. The van der Waals surface area contributed by atoms with Crippen molar-refractivity contribution in [1.29, 1.82) is 0 Å². The molecule has 40 heavy (non-hydrogen) atoms. The molecule has 1 aromatic rings.